The van der Waals surface area contributed by atoms with E-state index in [1.54, 1.807) is 30.5 Å². The molecule has 0 spiro atoms. The summed E-state index contributed by atoms with van der Waals surface area (Å²) in [6.07, 6.45) is 3.70. The van der Waals surface area contributed by atoms with Crippen molar-refractivity contribution in [3.63, 3.8) is 0 Å². The van der Waals surface area contributed by atoms with Gasteiger partial charge in [-0.05, 0) is 48.2 Å². The lowest BCUT2D eigenvalue weighted by Gasteiger charge is -2.35. The number of nitrogens with one attached hydrogen (secondary N) is 1. The molecule has 0 unspecified atom stereocenters. The van der Waals surface area contributed by atoms with Gasteiger partial charge in [0.05, 0.1) is 0 Å². The molecule has 3 rings (SSSR count). The molecule has 2 aromatic rings. The molecule has 0 aliphatic carbocycles. The van der Waals surface area contributed by atoms with Crippen LogP contribution in [0.2, 0.25) is 0 Å². The Morgan fingerprint density at radius 3 is 2.50 bits per heavy atom. The molecule has 138 valence electrons. The minimum atomic E-state index is -1.02. The Morgan fingerprint density at radius 2 is 1.85 bits per heavy atom. The van der Waals surface area contributed by atoms with Crippen molar-refractivity contribution in [2.24, 2.45) is 0 Å². The third-order valence-electron chi connectivity index (χ3n) is 5.09. The average Bonchev–Trinajstić information content (AvgIpc) is 2.68. The van der Waals surface area contributed by atoms with E-state index in [9.17, 15) is 9.00 Å². The summed E-state index contributed by atoms with van der Waals surface area (Å²) in [5, 5.41) is 3.06. The fraction of sp³-hybridized carbons (Fsp3) is 0.381. The van der Waals surface area contributed by atoms with Crippen molar-refractivity contribution in [1.82, 2.24) is 10.2 Å². The first kappa shape index (κ1) is 18.8. The molecule has 0 aromatic heterocycles. The molecule has 0 bridgehead atoms. The zero-order valence-electron chi connectivity index (χ0n) is 15.4. The molecule has 1 amide bonds. The smallest absolute Gasteiger partial charge is 0.251 e. The summed E-state index contributed by atoms with van der Waals surface area (Å²) in [7, 11) is -1.02. The average molecular weight is 371 g/mol. The Bertz CT molecular complexity index is 789. The number of fused-ring (bicyclic) bond motifs is 1. The Balaban J connectivity index is 1.59. The Kier molecular flexibility index (Phi) is 6.22. The Hall–Kier alpha value is -1.98. The summed E-state index contributed by atoms with van der Waals surface area (Å²) in [4.78, 5) is 15.6. The Morgan fingerprint density at radius 1 is 1.15 bits per heavy atom. The molecule has 0 fully saturated rings. The molecule has 1 heterocycles. The van der Waals surface area contributed by atoms with Gasteiger partial charge < -0.3 is 5.32 Å². The number of hydrogen-bond acceptors (Lipinski definition) is 3. The standard InChI is InChI=1S/C21H26N2O2S/c1-3-19(23-13-12-16-6-4-5-7-18(16)15-23)14-22-21(24)17-8-10-20(11-9-17)26(2)25/h4-11,19H,3,12-15H2,1-2H3,(H,22,24)/t19-,26-/m0/s1. The number of carbonyl (C=O) groups is 1. The van der Waals surface area contributed by atoms with E-state index >= 15 is 0 Å². The van der Waals surface area contributed by atoms with Crippen LogP contribution in [0.15, 0.2) is 53.4 Å². The summed E-state index contributed by atoms with van der Waals surface area (Å²) in [5.41, 5.74) is 3.45. The molecule has 1 aliphatic rings. The van der Waals surface area contributed by atoms with E-state index in [0.717, 1.165) is 30.8 Å². The number of hydrogen-bond donors (Lipinski definition) is 1. The zero-order chi connectivity index (χ0) is 18.5. The van der Waals surface area contributed by atoms with Crippen molar-refractivity contribution in [3.05, 3.63) is 65.2 Å². The Labute approximate surface area is 158 Å². The fourth-order valence-corrected chi connectivity index (χ4v) is 3.99. The van der Waals surface area contributed by atoms with Crippen LogP contribution < -0.4 is 5.32 Å². The summed E-state index contributed by atoms with van der Waals surface area (Å²) < 4.78 is 11.4. The first-order valence-corrected chi connectivity index (χ1v) is 10.7. The van der Waals surface area contributed by atoms with Gasteiger partial charge in [-0.25, -0.2) is 0 Å². The van der Waals surface area contributed by atoms with Crippen molar-refractivity contribution in [2.75, 3.05) is 19.3 Å². The summed E-state index contributed by atoms with van der Waals surface area (Å²) in [6.45, 7) is 4.78. The van der Waals surface area contributed by atoms with Crippen molar-refractivity contribution >= 4 is 16.7 Å². The molecule has 2 aromatic carbocycles. The molecule has 2 atom stereocenters. The highest BCUT2D eigenvalue weighted by Gasteiger charge is 2.22. The fourth-order valence-electron chi connectivity index (χ4n) is 3.47. The van der Waals surface area contributed by atoms with Crippen LogP contribution in [0.5, 0.6) is 0 Å². The van der Waals surface area contributed by atoms with E-state index in [1.807, 2.05) is 0 Å². The van der Waals surface area contributed by atoms with E-state index < -0.39 is 10.8 Å². The maximum absolute atomic E-state index is 12.4. The van der Waals surface area contributed by atoms with Crippen LogP contribution in [-0.2, 0) is 23.8 Å². The van der Waals surface area contributed by atoms with Gasteiger partial charge in [-0.1, -0.05) is 31.2 Å². The third-order valence-corrected chi connectivity index (χ3v) is 6.03. The highest BCUT2D eigenvalue weighted by atomic mass is 32.2. The quantitative estimate of drug-likeness (QED) is 0.850. The molecule has 1 aliphatic heterocycles. The maximum Gasteiger partial charge on any atom is 0.251 e. The van der Waals surface area contributed by atoms with Gasteiger partial charge in [0.15, 0.2) is 0 Å². The maximum atomic E-state index is 12.4. The lowest BCUT2D eigenvalue weighted by Crippen LogP contribution is -2.45. The second kappa shape index (κ2) is 8.60. The summed E-state index contributed by atoms with van der Waals surface area (Å²) in [5.74, 6) is -0.0747. The summed E-state index contributed by atoms with van der Waals surface area (Å²) in [6, 6.07) is 15.9. The van der Waals surface area contributed by atoms with E-state index in [2.05, 4.69) is 41.4 Å². The minimum Gasteiger partial charge on any atom is -0.350 e. The number of amides is 1. The molecule has 0 saturated carbocycles. The van der Waals surface area contributed by atoms with Crippen LogP contribution >= 0.6 is 0 Å². The molecule has 0 radical (unpaired) electrons. The van der Waals surface area contributed by atoms with Crippen LogP contribution in [0.4, 0.5) is 0 Å². The van der Waals surface area contributed by atoms with Gasteiger partial charge in [0.25, 0.3) is 5.91 Å². The van der Waals surface area contributed by atoms with Gasteiger partial charge in [-0.2, -0.15) is 0 Å². The first-order chi connectivity index (χ1) is 12.6. The van der Waals surface area contributed by atoms with Gasteiger partial charge in [0.1, 0.15) is 0 Å². The number of benzene rings is 2. The van der Waals surface area contributed by atoms with Gasteiger partial charge in [-0.15, -0.1) is 0 Å². The van der Waals surface area contributed by atoms with Crippen LogP contribution in [0, 0.1) is 0 Å². The monoisotopic (exact) mass is 370 g/mol. The van der Waals surface area contributed by atoms with Gasteiger partial charge in [-0.3, -0.25) is 13.9 Å². The molecular formula is C21H26N2O2S. The minimum absolute atomic E-state index is 0.0747. The van der Waals surface area contributed by atoms with Gasteiger partial charge in [0, 0.05) is 53.2 Å². The molecule has 5 heteroatoms. The van der Waals surface area contributed by atoms with E-state index in [0.29, 0.717) is 18.2 Å². The highest BCUT2D eigenvalue weighted by Crippen LogP contribution is 2.21. The van der Waals surface area contributed by atoms with Crippen molar-refractivity contribution < 1.29 is 9.00 Å². The van der Waals surface area contributed by atoms with Crippen molar-refractivity contribution in [3.8, 4) is 0 Å². The zero-order valence-corrected chi connectivity index (χ0v) is 16.2. The highest BCUT2D eigenvalue weighted by molar-refractivity contribution is 7.84. The normalized spacial score (nSPS) is 16.5. The predicted octanol–water partition coefficient (Wildman–Crippen LogP) is 2.99. The topological polar surface area (TPSA) is 49.4 Å². The number of nitrogens with zero attached hydrogens (tertiary/aromatic N) is 1. The number of carbonyl (C=O) groups excluding carboxylic acids is 1. The van der Waals surface area contributed by atoms with Crippen LogP contribution in [0.3, 0.4) is 0 Å². The first-order valence-electron chi connectivity index (χ1n) is 9.11. The van der Waals surface area contributed by atoms with Crippen LogP contribution in [0.1, 0.15) is 34.8 Å². The van der Waals surface area contributed by atoms with Crippen molar-refractivity contribution in [2.45, 2.75) is 37.2 Å². The molecular weight excluding hydrogens is 344 g/mol. The molecule has 1 N–H and O–H groups in total. The van der Waals surface area contributed by atoms with Crippen LogP contribution in [0.25, 0.3) is 0 Å². The van der Waals surface area contributed by atoms with E-state index in [4.69, 9.17) is 0 Å². The SMILES string of the molecule is CC[C@@H](CNC(=O)c1ccc([S@](C)=O)cc1)N1CCc2ccccc2C1. The lowest BCUT2D eigenvalue weighted by molar-refractivity contribution is 0.0926. The number of rotatable bonds is 6. The second-order valence-electron chi connectivity index (χ2n) is 6.74. The largest absolute Gasteiger partial charge is 0.350 e. The molecule has 0 saturated heterocycles. The lowest BCUT2D eigenvalue weighted by atomic mass is 9.98. The van der Waals surface area contributed by atoms with Gasteiger partial charge in [0.2, 0.25) is 0 Å². The van der Waals surface area contributed by atoms with Crippen LogP contribution in [-0.4, -0.2) is 40.4 Å². The molecule has 26 heavy (non-hydrogen) atoms. The van der Waals surface area contributed by atoms with Crippen molar-refractivity contribution in [1.29, 1.82) is 0 Å². The van der Waals surface area contributed by atoms with Gasteiger partial charge >= 0.3 is 0 Å². The van der Waals surface area contributed by atoms with E-state index in [-0.39, 0.29) is 5.91 Å². The van der Waals surface area contributed by atoms with E-state index in [1.165, 1.54) is 11.1 Å². The predicted molar refractivity (Wildman–Crippen MR) is 106 cm³/mol. The second-order valence-corrected chi connectivity index (χ2v) is 8.12. The molecule has 4 nitrogen and oxygen atoms in total. The summed E-state index contributed by atoms with van der Waals surface area (Å²) >= 11 is 0. The third kappa shape index (κ3) is 4.40.